The van der Waals surface area contributed by atoms with E-state index >= 15 is 0 Å². The molecule has 0 radical (unpaired) electrons. The summed E-state index contributed by atoms with van der Waals surface area (Å²) in [5.41, 5.74) is 4.44. The van der Waals surface area contributed by atoms with Crippen LogP contribution >= 0.6 is 0 Å². The van der Waals surface area contributed by atoms with Crippen molar-refractivity contribution >= 4 is 0 Å². The van der Waals surface area contributed by atoms with Crippen LogP contribution in [0.5, 0.6) is 11.5 Å². The minimum Gasteiger partial charge on any atom is -0.504 e. The number of benzene rings is 2. The Morgan fingerprint density at radius 3 is 2.67 bits per heavy atom. The van der Waals surface area contributed by atoms with Crippen LogP contribution in [0.2, 0.25) is 0 Å². The molecule has 0 saturated carbocycles. The molecular weight excluding hydrogens is 262 g/mol. The van der Waals surface area contributed by atoms with Crippen LogP contribution in [0.15, 0.2) is 36.4 Å². The Bertz CT molecular complexity index is 637. The molecule has 110 valence electrons. The van der Waals surface area contributed by atoms with Gasteiger partial charge in [0.15, 0.2) is 11.5 Å². The summed E-state index contributed by atoms with van der Waals surface area (Å²) in [7, 11) is 0. The standard InChI is InChI=1S/C18H21NO2/c1-2-13-14-8-9-19-11-16(12-6-4-3-5-7-12)15(14)10-17(20)18(13)21/h3-7,10,16,19-21H,2,8-9,11H2,1H3. The van der Waals surface area contributed by atoms with Crippen molar-refractivity contribution in [3.8, 4) is 11.5 Å². The van der Waals surface area contributed by atoms with Crippen LogP contribution in [-0.4, -0.2) is 23.3 Å². The summed E-state index contributed by atoms with van der Waals surface area (Å²) >= 11 is 0. The van der Waals surface area contributed by atoms with Gasteiger partial charge in [0.1, 0.15) is 0 Å². The van der Waals surface area contributed by atoms with Crippen molar-refractivity contribution in [2.45, 2.75) is 25.7 Å². The van der Waals surface area contributed by atoms with E-state index in [2.05, 4.69) is 17.4 Å². The van der Waals surface area contributed by atoms with E-state index < -0.39 is 0 Å². The van der Waals surface area contributed by atoms with Crippen molar-refractivity contribution in [3.63, 3.8) is 0 Å². The Morgan fingerprint density at radius 1 is 1.19 bits per heavy atom. The molecule has 3 heteroatoms. The van der Waals surface area contributed by atoms with E-state index in [-0.39, 0.29) is 17.4 Å². The van der Waals surface area contributed by atoms with E-state index in [1.165, 1.54) is 11.1 Å². The third-order valence-corrected chi connectivity index (χ3v) is 4.36. The van der Waals surface area contributed by atoms with E-state index in [9.17, 15) is 10.2 Å². The fourth-order valence-electron chi connectivity index (χ4n) is 3.31. The van der Waals surface area contributed by atoms with Gasteiger partial charge in [0.25, 0.3) is 0 Å². The summed E-state index contributed by atoms with van der Waals surface area (Å²) in [5, 5.41) is 23.7. The number of rotatable bonds is 2. The first-order valence-electron chi connectivity index (χ1n) is 7.54. The van der Waals surface area contributed by atoms with Crippen LogP contribution in [0.3, 0.4) is 0 Å². The number of fused-ring (bicyclic) bond motifs is 1. The highest BCUT2D eigenvalue weighted by Gasteiger charge is 2.25. The van der Waals surface area contributed by atoms with Crippen molar-refractivity contribution in [2.24, 2.45) is 0 Å². The van der Waals surface area contributed by atoms with Crippen molar-refractivity contribution in [2.75, 3.05) is 13.1 Å². The maximum Gasteiger partial charge on any atom is 0.160 e. The molecule has 3 N–H and O–H groups in total. The number of aromatic hydroxyl groups is 2. The second-order valence-electron chi connectivity index (χ2n) is 5.56. The third kappa shape index (κ3) is 2.49. The zero-order valence-corrected chi connectivity index (χ0v) is 12.3. The van der Waals surface area contributed by atoms with E-state index in [1.54, 1.807) is 6.07 Å². The summed E-state index contributed by atoms with van der Waals surface area (Å²) in [6.45, 7) is 3.77. The zero-order valence-electron chi connectivity index (χ0n) is 12.3. The smallest absolute Gasteiger partial charge is 0.160 e. The Kier molecular flexibility index (Phi) is 3.84. The third-order valence-electron chi connectivity index (χ3n) is 4.36. The lowest BCUT2D eigenvalue weighted by atomic mass is 9.85. The maximum absolute atomic E-state index is 10.1. The molecule has 1 aliphatic heterocycles. The predicted octanol–water partition coefficient (Wildman–Crippen LogP) is 2.94. The van der Waals surface area contributed by atoms with E-state index in [0.717, 1.165) is 37.1 Å². The van der Waals surface area contributed by atoms with Crippen molar-refractivity contribution in [1.29, 1.82) is 0 Å². The topological polar surface area (TPSA) is 52.5 Å². The van der Waals surface area contributed by atoms with Gasteiger partial charge in [-0.25, -0.2) is 0 Å². The molecule has 1 unspecified atom stereocenters. The van der Waals surface area contributed by atoms with Gasteiger partial charge in [-0.05, 0) is 42.1 Å². The molecule has 1 aliphatic rings. The van der Waals surface area contributed by atoms with E-state index in [0.29, 0.717) is 0 Å². The van der Waals surface area contributed by atoms with Crippen LogP contribution in [0.25, 0.3) is 0 Å². The number of nitrogens with one attached hydrogen (secondary N) is 1. The van der Waals surface area contributed by atoms with Crippen LogP contribution in [-0.2, 0) is 12.8 Å². The molecule has 1 atom stereocenters. The molecule has 0 spiro atoms. The monoisotopic (exact) mass is 283 g/mol. The summed E-state index contributed by atoms with van der Waals surface area (Å²) in [5.74, 6) is 0.249. The highest BCUT2D eigenvalue weighted by molar-refractivity contribution is 5.56. The van der Waals surface area contributed by atoms with Gasteiger partial charge in [-0.2, -0.15) is 0 Å². The molecule has 0 aliphatic carbocycles. The van der Waals surface area contributed by atoms with Gasteiger partial charge in [0.05, 0.1) is 0 Å². The minimum absolute atomic E-state index is 0.00608. The molecule has 21 heavy (non-hydrogen) atoms. The molecule has 2 aromatic carbocycles. The SMILES string of the molecule is CCc1c(O)c(O)cc2c1CCNCC2c1ccccc1. The Balaban J connectivity index is 2.18. The molecule has 0 fully saturated rings. The average molecular weight is 283 g/mol. The molecule has 3 rings (SSSR count). The van der Waals surface area contributed by atoms with Gasteiger partial charge in [-0.15, -0.1) is 0 Å². The van der Waals surface area contributed by atoms with Crippen molar-refractivity contribution < 1.29 is 10.2 Å². The normalized spacial score (nSPS) is 18.0. The Labute approximate surface area is 125 Å². The number of phenols is 2. The molecular formula is C18H21NO2. The van der Waals surface area contributed by atoms with Crippen molar-refractivity contribution in [1.82, 2.24) is 5.32 Å². The Morgan fingerprint density at radius 2 is 1.95 bits per heavy atom. The lowest BCUT2D eigenvalue weighted by molar-refractivity contribution is 0.398. The van der Waals surface area contributed by atoms with Crippen LogP contribution in [0, 0.1) is 0 Å². The number of phenolic OH excluding ortho intramolecular Hbond substituents is 2. The highest BCUT2D eigenvalue weighted by atomic mass is 16.3. The minimum atomic E-state index is -0.00608. The van der Waals surface area contributed by atoms with Crippen LogP contribution < -0.4 is 5.32 Å². The molecule has 2 aromatic rings. The summed E-state index contributed by atoms with van der Waals surface area (Å²) in [4.78, 5) is 0. The first-order chi connectivity index (χ1) is 10.2. The highest BCUT2D eigenvalue weighted by Crippen LogP contribution is 2.40. The summed E-state index contributed by atoms with van der Waals surface area (Å²) < 4.78 is 0. The first-order valence-corrected chi connectivity index (χ1v) is 7.54. The summed E-state index contributed by atoms with van der Waals surface area (Å²) in [6.07, 6.45) is 1.61. The molecule has 3 nitrogen and oxygen atoms in total. The summed E-state index contributed by atoms with van der Waals surface area (Å²) in [6, 6.07) is 12.1. The van der Waals surface area contributed by atoms with Gasteiger partial charge in [0, 0.05) is 18.0 Å². The molecule has 0 bridgehead atoms. The molecule has 0 aromatic heterocycles. The quantitative estimate of drug-likeness (QED) is 0.743. The van der Waals surface area contributed by atoms with Gasteiger partial charge >= 0.3 is 0 Å². The van der Waals surface area contributed by atoms with Gasteiger partial charge in [0.2, 0.25) is 0 Å². The van der Waals surface area contributed by atoms with Crippen molar-refractivity contribution in [3.05, 3.63) is 58.7 Å². The van der Waals surface area contributed by atoms with Gasteiger partial charge in [-0.1, -0.05) is 37.3 Å². The number of hydrogen-bond donors (Lipinski definition) is 3. The van der Waals surface area contributed by atoms with E-state index in [4.69, 9.17) is 0 Å². The van der Waals surface area contributed by atoms with Gasteiger partial charge < -0.3 is 15.5 Å². The maximum atomic E-state index is 10.1. The fourth-order valence-corrected chi connectivity index (χ4v) is 3.31. The predicted molar refractivity (Wildman–Crippen MR) is 84.0 cm³/mol. The largest absolute Gasteiger partial charge is 0.504 e. The zero-order chi connectivity index (χ0) is 14.8. The fraction of sp³-hybridized carbons (Fsp3) is 0.333. The Hall–Kier alpha value is -2.00. The second kappa shape index (κ2) is 5.78. The molecule has 1 heterocycles. The first kappa shape index (κ1) is 14.0. The van der Waals surface area contributed by atoms with E-state index in [1.807, 2.05) is 25.1 Å². The number of hydrogen-bond acceptors (Lipinski definition) is 3. The lowest BCUT2D eigenvalue weighted by Gasteiger charge is -2.21. The lowest BCUT2D eigenvalue weighted by Crippen LogP contribution is -2.20. The van der Waals surface area contributed by atoms with Crippen LogP contribution in [0.1, 0.15) is 35.1 Å². The average Bonchev–Trinajstić information content (AvgIpc) is 2.72. The van der Waals surface area contributed by atoms with Crippen LogP contribution in [0.4, 0.5) is 0 Å². The molecule has 0 amide bonds. The molecule has 0 saturated heterocycles. The van der Waals surface area contributed by atoms with Gasteiger partial charge in [-0.3, -0.25) is 0 Å². The second-order valence-corrected chi connectivity index (χ2v) is 5.56.